The highest BCUT2D eigenvalue weighted by molar-refractivity contribution is 9.10. The normalized spacial score (nSPS) is 13.4. The summed E-state index contributed by atoms with van der Waals surface area (Å²) in [6.07, 6.45) is 0.0999. The third kappa shape index (κ3) is 2.95. The largest absolute Gasteiger partial charge is 0.506 e. The Morgan fingerprint density at radius 1 is 0.875 bits per heavy atom. The highest BCUT2D eigenvalue weighted by Gasteiger charge is 2.36. The molecule has 0 spiro atoms. The summed E-state index contributed by atoms with van der Waals surface area (Å²) in [5.74, 6) is -1.36. The summed E-state index contributed by atoms with van der Waals surface area (Å²) in [5, 5.41) is 45.4. The summed E-state index contributed by atoms with van der Waals surface area (Å²) >= 11 is 3.33. The standard InChI is InChI=1S/C30H23BrO9/c1-9-5-12-17-21-18(13(8-33)25(31)26(36)24(21)28(38)29(12)39-3)16-11(7-32)6-14(35)19-20(16)22(17)23(15(9)10(2)34)30(40-4)27(19)37/h6,32-33,36-37H,5,7-8H2,1-4H3. The van der Waals surface area contributed by atoms with Crippen molar-refractivity contribution in [2.24, 2.45) is 0 Å². The lowest BCUT2D eigenvalue weighted by atomic mass is 9.81. The van der Waals surface area contributed by atoms with Crippen molar-refractivity contribution in [3.05, 3.63) is 58.8 Å². The van der Waals surface area contributed by atoms with Crippen LogP contribution >= 0.6 is 15.9 Å². The predicted octanol–water partition coefficient (Wildman–Crippen LogP) is 3.99. The first-order valence-electron chi connectivity index (χ1n) is 12.3. The third-order valence-corrected chi connectivity index (χ3v) is 8.88. The topological polar surface area (TPSA) is 151 Å². The van der Waals surface area contributed by atoms with Gasteiger partial charge in [-0.2, -0.15) is 0 Å². The van der Waals surface area contributed by atoms with Crippen molar-refractivity contribution < 1.29 is 34.7 Å². The minimum atomic E-state index is -0.600. The van der Waals surface area contributed by atoms with Gasteiger partial charge in [0.05, 0.1) is 42.7 Å². The molecule has 6 rings (SSSR count). The van der Waals surface area contributed by atoms with Crippen molar-refractivity contribution >= 4 is 70.4 Å². The van der Waals surface area contributed by atoms with E-state index in [-0.39, 0.29) is 72.0 Å². The molecular formula is C30H23BrO9. The lowest BCUT2D eigenvalue weighted by Gasteiger charge is -2.24. The average molecular weight is 607 g/mol. The van der Waals surface area contributed by atoms with Crippen molar-refractivity contribution in [2.45, 2.75) is 33.5 Å². The number of halogens is 1. The highest BCUT2D eigenvalue weighted by Crippen LogP contribution is 2.56. The first kappa shape index (κ1) is 26.2. The fourth-order valence-corrected chi connectivity index (χ4v) is 7.16. The second kappa shape index (κ2) is 8.76. The second-order valence-electron chi connectivity index (χ2n) is 9.98. The van der Waals surface area contributed by atoms with Crippen LogP contribution in [0.15, 0.2) is 25.7 Å². The molecule has 0 aliphatic heterocycles. The summed E-state index contributed by atoms with van der Waals surface area (Å²) in [6, 6.07) is 1.19. The molecule has 1 aliphatic rings. The van der Waals surface area contributed by atoms with Crippen LogP contribution in [0.1, 0.15) is 36.1 Å². The summed E-state index contributed by atoms with van der Waals surface area (Å²) < 4.78 is 11.3. The number of ether oxygens (including phenoxy) is 2. The smallest absolute Gasteiger partial charge is 0.232 e. The zero-order valence-corrected chi connectivity index (χ0v) is 23.5. The number of Topliss-reactive ketones (excluding diaryl/α,β-unsaturated/α-hetero) is 1. The van der Waals surface area contributed by atoms with E-state index in [0.29, 0.717) is 32.7 Å². The zero-order chi connectivity index (χ0) is 28.9. The number of ketones is 1. The number of phenolic OH excluding ortho intramolecular Hbond substituents is 2. The number of aromatic hydroxyl groups is 2. The molecule has 9 nitrogen and oxygen atoms in total. The van der Waals surface area contributed by atoms with Crippen molar-refractivity contribution in [3.63, 3.8) is 0 Å². The van der Waals surface area contributed by atoms with Crippen LogP contribution in [0, 0.1) is 0 Å². The lowest BCUT2D eigenvalue weighted by Crippen LogP contribution is -2.13. The van der Waals surface area contributed by atoms with Gasteiger partial charge in [0, 0.05) is 38.4 Å². The van der Waals surface area contributed by atoms with Gasteiger partial charge < -0.3 is 29.9 Å². The number of benzene rings is 5. The average Bonchev–Trinajstić information content (AvgIpc) is 3.04. The Morgan fingerprint density at radius 3 is 2.10 bits per heavy atom. The quantitative estimate of drug-likeness (QED) is 0.172. The van der Waals surface area contributed by atoms with E-state index in [1.807, 2.05) is 0 Å². The fourth-order valence-electron chi connectivity index (χ4n) is 6.64. The molecule has 0 saturated heterocycles. The molecule has 0 atom stereocenters. The Hall–Kier alpha value is -3.99. The summed E-state index contributed by atoms with van der Waals surface area (Å²) in [6.45, 7) is 1.96. The zero-order valence-electron chi connectivity index (χ0n) is 21.9. The van der Waals surface area contributed by atoms with Crippen LogP contribution in [0.3, 0.4) is 0 Å². The molecule has 204 valence electrons. The van der Waals surface area contributed by atoms with E-state index < -0.39 is 35.6 Å². The van der Waals surface area contributed by atoms with Crippen molar-refractivity contribution in [1.29, 1.82) is 0 Å². The minimum Gasteiger partial charge on any atom is -0.506 e. The molecule has 0 fully saturated rings. The van der Waals surface area contributed by atoms with Gasteiger partial charge in [-0.1, -0.05) is 5.57 Å². The van der Waals surface area contributed by atoms with Gasteiger partial charge in [-0.05, 0) is 64.0 Å². The van der Waals surface area contributed by atoms with Crippen LogP contribution < -0.4 is 20.3 Å². The van der Waals surface area contributed by atoms with Gasteiger partial charge in [-0.15, -0.1) is 0 Å². The van der Waals surface area contributed by atoms with Gasteiger partial charge >= 0.3 is 0 Å². The van der Waals surface area contributed by atoms with Crippen LogP contribution in [-0.2, 0) is 24.4 Å². The summed E-state index contributed by atoms with van der Waals surface area (Å²) in [7, 11) is 2.65. The minimum absolute atomic E-state index is 0.0493. The third-order valence-electron chi connectivity index (χ3n) is 8.03. The number of hydrogen-bond acceptors (Lipinski definition) is 9. The Bertz CT molecular complexity index is 2130. The Balaban J connectivity index is 2.23. The van der Waals surface area contributed by atoms with Crippen LogP contribution in [0.4, 0.5) is 0 Å². The van der Waals surface area contributed by atoms with E-state index in [0.717, 1.165) is 0 Å². The molecule has 0 unspecified atom stereocenters. The van der Waals surface area contributed by atoms with Gasteiger partial charge in [0.2, 0.25) is 5.43 Å². The first-order valence-corrected chi connectivity index (χ1v) is 13.1. The van der Waals surface area contributed by atoms with E-state index in [1.54, 1.807) is 6.92 Å². The molecule has 0 amide bonds. The summed E-state index contributed by atoms with van der Waals surface area (Å²) in [4.78, 5) is 40.6. The Labute approximate surface area is 234 Å². The maximum absolute atomic E-state index is 13.9. The van der Waals surface area contributed by atoms with Crippen LogP contribution in [-0.4, -0.2) is 40.4 Å². The number of carbonyl (C=O) groups is 1. The molecule has 10 heteroatoms. The maximum atomic E-state index is 13.9. The van der Waals surface area contributed by atoms with E-state index in [1.165, 1.54) is 27.2 Å². The summed E-state index contributed by atoms with van der Waals surface area (Å²) in [5.41, 5.74) is 0.664. The molecule has 0 radical (unpaired) electrons. The number of aliphatic hydroxyl groups excluding tert-OH is 2. The van der Waals surface area contributed by atoms with Gasteiger partial charge in [0.25, 0.3) is 0 Å². The molecule has 4 N–H and O–H groups in total. The van der Waals surface area contributed by atoms with Gasteiger partial charge in [0.1, 0.15) is 5.75 Å². The highest BCUT2D eigenvalue weighted by atomic mass is 79.9. The van der Waals surface area contributed by atoms with Crippen molar-refractivity contribution in [1.82, 2.24) is 0 Å². The fraction of sp³-hybridized carbons (Fsp3) is 0.233. The predicted molar refractivity (Wildman–Crippen MR) is 154 cm³/mol. The van der Waals surface area contributed by atoms with E-state index in [9.17, 15) is 34.8 Å². The number of aliphatic hydroxyl groups is 2. The number of fused-ring (bicyclic) bond motifs is 1. The number of phenols is 2. The number of carbonyl (C=O) groups excluding carboxylic acids is 1. The molecule has 0 saturated carbocycles. The number of methoxy groups -OCH3 is 2. The molecule has 5 aromatic rings. The lowest BCUT2D eigenvalue weighted by molar-refractivity contribution is -0.111. The molecule has 0 heterocycles. The van der Waals surface area contributed by atoms with Crippen LogP contribution in [0.25, 0.3) is 48.7 Å². The van der Waals surface area contributed by atoms with E-state index in [2.05, 4.69) is 15.9 Å². The number of rotatable bonds is 5. The monoisotopic (exact) mass is 606 g/mol. The molecule has 40 heavy (non-hydrogen) atoms. The first-order chi connectivity index (χ1) is 19.0. The molecule has 1 aliphatic carbocycles. The SMILES string of the molecule is COc1c(O)c2c(=O)cc(CO)c3c4c(CO)c(Br)c(O)c5c(=O)c(OC)c6c(c(c1C(C(C)=O)=C(C)C6)c23)c54. The van der Waals surface area contributed by atoms with Gasteiger partial charge in [-0.3, -0.25) is 14.4 Å². The van der Waals surface area contributed by atoms with E-state index >= 15 is 0 Å². The Kier molecular flexibility index (Phi) is 5.74. The van der Waals surface area contributed by atoms with Gasteiger partial charge in [0.15, 0.2) is 28.5 Å². The van der Waals surface area contributed by atoms with Crippen molar-refractivity contribution in [2.75, 3.05) is 14.2 Å². The molecular weight excluding hydrogens is 584 g/mol. The number of hydrogen-bond donors (Lipinski definition) is 4. The van der Waals surface area contributed by atoms with E-state index in [4.69, 9.17) is 9.47 Å². The van der Waals surface area contributed by atoms with Crippen LogP contribution in [0.2, 0.25) is 0 Å². The molecule has 5 aromatic carbocycles. The van der Waals surface area contributed by atoms with Crippen LogP contribution in [0.5, 0.6) is 23.0 Å². The molecule has 0 bridgehead atoms. The maximum Gasteiger partial charge on any atom is 0.232 e. The number of allylic oxidation sites excluding steroid dienone is 2. The molecule has 0 aromatic heterocycles. The van der Waals surface area contributed by atoms with Gasteiger partial charge in [-0.25, -0.2) is 0 Å². The second-order valence-corrected chi connectivity index (χ2v) is 10.8. The van der Waals surface area contributed by atoms with Crippen molar-refractivity contribution in [3.8, 4) is 23.0 Å². The Morgan fingerprint density at radius 2 is 1.52 bits per heavy atom.